The van der Waals surface area contributed by atoms with Gasteiger partial charge in [0.25, 0.3) is 0 Å². The zero-order chi connectivity index (χ0) is 16.0. The number of para-hydroxylation sites is 1. The minimum Gasteiger partial charge on any atom is -0.478 e. The summed E-state index contributed by atoms with van der Waals surface area (Å²) >= 11 is 0. The van der Waals surface area contributed by atoms with E-state index in [9.17, 15) is 14.7 Å². The molecule has 1 rings (SSSR count). The Morgan fingerprint density at radius 3 is 2.43 bits per heavy atom. The molecular formula is C16H24N2O3. The average molecular weight is 292 g/mol. The van der Waals surface area contributed by atoms with Crippen molar-refractivity contribution in [3.63, 3.8) is 0 Å². The normalized spacial score (nSPS) is 12.2. The minimum absolute atomic E-state index is 0.111. The first kappa shape index (κ1) is 17.2. The molecule has 1 amide bonds. The van der Waals surface area contributed by atoms with Gasteiger partial charge in [0.15, 0.2) is 0 Å². The van der Waals surface area contributed by atoms with Gasteiger partial charge in [0.05, 0.1) is 11.3 Å². The molecule has 0 saturated carbocycles. The standard InChI is InChI=1S/C16H24N2O3/c1-11(2)8-12(10-17)9-15(19)18(3)14-7-5-4-6-13(14)16(20)21/h4-7,11-12H,8-10,17H2,1-3H3,(H,20,21)/t12-/m0/s1. The number of carboxylic acid groups (broad SMARTS) is 1. The lowest BCUT2D eigenvalue weighted by Gasteiger charge is -2.23. The summed E-state index contributed by atoms with van der Waals surface area (Å²) in [7, 11) is 1.60. The van der Waals surface area contributed by atoms with Crippen molar-refractivity contribution in [2.45, 2.75) is 26.7 Å². The van der Waals surface area contributed by atoms with Crippen LogP contribution in [0.15, 0.2) is 24.3 Å². The van der Waals surface area contributed by atoms with Crippen molar-refractivity contribution in [3.8, 4) is 0 Å². The monoisotopic (exact) mass is 292 g/mol. The third kappa shape index (κ3) is 4.86. The lowest BCUT2D eigenvalue weighted by atomic mass is 9.93. The average Bonchev–Trinajstić information content (AvgIpc) is 2.45. The number of aromatic carboxylic acids is 1. The molecular weight excluding hydrogens is 268 g/mol. The van der Waals surface area contributed by atoms with Crippen LogP contribution in [0.3, 0.4) is 0 Å². The third-order valence-corrected chi connectivity index (χ3v) is 3.47. The topological polar surface area (TPSA) is 83.6 Å². The number of nitrogens with zero attached hydrogens (tertiary/aromatic N) is 1. The van der Waals surface area contributed by atoms with Crippen molar-refractivity contribution < 1.29 is 14.7 Å². The van der Waals surface area contributed by atoms with Gasteiger partial charge < -0.3 is 15.7 Å². The van der Waals surface area contributed by atoms with Gasteiger partial charge >= 0.3 is 5.97 Å². The summed E-state index contributed by atoms with van der Waals surface area (Å²) in [4.78, 5) is 25.0. The van der Waals surface area contributed by atoms with Gasteiger partial charge in [-0.3, -0.25) is 4.79 Å². The number of nitrogens with two attached hydrogens (primary N) is 1. The van der Waals surface area contributed by atoms with E-state index in [4.69, 9.17) is 5.73 Å². The van der Waals surface area contributed by atoms with Crippen LogP contribution in [0.2, 0.25) is 0 Å². The Kier molecular flexibility index (Phi) is 6.37. The predicted octanol–water partition coefficient (Wildman–Crippen LogP) is 2.36. The maximum absolute atomic E-state index is 12.3. The highest BCUT2D eigenvalue weighted by Gasteiger charge is 2.21. The largest absolute Gasteiger partial charge is 0.478 e. The van der Waals surface area contributed by atoms with Crippen LogP contribution in [-0.4, -0.2) is 30.6 Å². The number of carboxylic acids is 1. The fourth-order valence-corrected chi connectivity index (χ4v) is 2.39. The molecule has 0 radical (unpaired) electrons. The van der Waals surface area contributed by atoms with Crippen LogP contribution in [0.25, 0.3) is 0 Å². The first-order valence-corrected chi connectivity index (χ1v) is 7.15. The van der Waals surface area contributed by atoms with E-state index in [1.165, 1.54) is 11.0 Å². The van der Waals surface area contributed by atoms with Crippen LogP contribution in [0.5, 0.6) is 0 Å². The number of carbonyl (C=O) groups is 2. The fraction of sp³-hybridized carbons (Fsp3) is 0.500. The molecule has 0 aromatic heterocycles. The molecule has 0 spiro atoms. The molecule has 0 aliphatic rings. The molecule has 5 heteroatoms. The van der Waals surface area contributed by atoms with Gasteiger partial charge in [-0.1, -0.05) is 26.0 Å². The Bertz CT molecular complexity index is 500. The first-order valence-electron chi connectivity index (χ1n) is 7.15. The van der Waals surface area contributed by atoms with E-state index in [2.05, 4.69) is 13.8 Å². The molecule has 1 aromatic rings. The number of hydrogen-bond donors (Lipinski definition) is 2. The zero-order valence-corrected chi connectivity index (χ0v) is 12.9. The van der Waals surface area contributed by atoms with Crippen LogP contribution < -0.4 is 10.6 Å². The second kappa shape index (κ2) is 7.78. The number of carbonyl (C=O) groups excluding carboxylic acids is 1. The van der Waals surface area contributed by atoms with Crippen LogP contribution >= 0.6 is 0 Å². The Labute approximate surface area is 125 Å². The van der Waals surface area contributed by atoms with E-state index in [1.807, 2.05) is 0 Å². The lowest BCUT2D eigenvalue weighted by molar-refractivity contribution is -0.119. The molecule has 116 valence electrons. The third-order valence-electron chi connectivity index (χ3n) is 3.47. The second-order valence-corrected chi connectivity index (χ2v) is 5.71. The number of hydrogen-bond acceptors (Lipinski definition) is 3. The molecule has 0 bridgehead atoms. The molecule has 5 nitrogen and oxygen atoms in total. The summed E-state index contributed by atoms with van der Waals surface area (Å²) in [6.07, 6.45) is 1.22. The molecule has 1 atom stereocenters. The quantitative estimate of drug-likeness (QED) is 0.808. The summed E-state index contributed by atoms with van der Waals surface area (Å²) in [6.45, 7) is 4.64. The van der Waals surface area contributed by atoms with E-state index < -0.39 is 5.97 Å². The summed E-state index contributed by atoms with van der Waals surface area (Å²) in [6, 6.07) is 6.50. The molecule has 21 heavy (non-hydrogen) atoms. The molecule has 0 aliphatic heterocycles. The van der Waals surface area contributed by atoms with Crippen LogP contribution in [0, 0.1) is 11.8 Å². The van der Waals surface area contributed by atoms with Gasteiger partial charge in [-0.25, -0.2) is 4.79 Å². The summed E-state index contributed by atoms with van der Waals surface area (Å²) in [5.41, 5.74) is 6.26. The number of benzene rings is 1. The van der Waals surface area contributed by atoms with E-state index >= 15 is 0 Å². The highest BCUT2D eigenvalue weighted by atomic mass is 16.4. The predicted molar refractivity (Wildman–Crippen MR) is 83.4 cm³/mol. The SMILES string of the molecule is CC(C)C[C@H](CN)CC(=O)N(C)c1ccccc1C(=O)O. The molecule has 1 aromatic carbocycles. The number of amides is 1. The lowest BCUT2D eigenvalue weighted by Crippen LogP contribution is -2.31. The molecule has 3 N–H and O–H groups in total. The zero-order valence-electron chi connectivity index (χ0n) is 12.9. The van der Waals surface area contributed by atoms with Crippen molar-refractivity contribution >= 4 is 17.6 Å². The van der Waals surface area contributed by atoms with E-state index in [-0.39, 0.29) is 17.4 Å². The Hall–Kier alpha value is -1.88. The molecule has 0 saturated heterocycles. The van der Waals surface area contributed by atoms with E-state index in [0.29, 0.717) is 24.6 Å². The van der Waals surface area contributed by atoms with E-state index in [1.54, 1.807) is 25.2 Å². The Morgan fingerprint density at radius 2 is 1.90 bits per heavy atom. The van der Waals surface area contributed by atoms with Gasteiger partial charge in [-0.05, 0) is 36.9 Å². The summed E-state index contributed by atoms with van der Waals surface area (Å²) in [5.74, 6) is -0.553. The summed E-state index contributed by atoms with van der Waals surface area (Å²) in [5, 5.41) is 9.19. The van der Waals surface area contributed by atoms with Gasteiger partial charge in [0, 0.05) is 13.5 Å². The molecule has 0 heterocycles. The van der Waals surface area contributed by atoms with Crippen LogP contribution in [0.4, 0.5) is 5.69 Å². The maximum Gasteiger partial charge on any atom is 0.337 e. The first-order chi connectivity index (χ1) is 9.86. The van der Waals surface area contributed by atoms with Crippen molar-refractivity contribution in [1.82, 2.24) is 0 Å². The fourth-order valence-electron chi connectivity index (χ4n) is 2.39. The van der Waals surface area contributed by atoms with E-state index in [0.717, 1.165) is 6.42 Å². The summed E-state index contributed by atoms with van der Waals surface area (Å²) < 4.78 is 0. The number of rotatable bonds is 7. The van der Waals surface area contributed by atoms with Crippen LogP contribution in [0.1, 0.15) is 37.0 Å². The molecule has 0 aliphatic carbocycles. The van der Waals surface area contributed by atoms with Gasteiger partial charge in [-0.2, -0.15) is 0 Å². The highest BCUT2D eigenvalue weighted by molar-refractivity contribution is 6.01. The van der Waals surface area contributed by atoms with Crippen molar-refractivity contribution in [2.24, 2.45) is 17.6 Å². The maximum atomic E-state index is 12.3. The highest BCUT2D eigenvalue weighted by Crippen LogP contribution is 2.22. The van der Waals surface area contributed by atoms with Gasteiger partial charge in [0.2, 0.25) is 5.91 Å². The molecule has 0 fully saturated rings. The van der Waals surface area contributed by atoms with Crippen molar-refractivity contribution in [3.05, 3.63) is 29.8 Å². The molecule has 0 unspecified atom stereocenters. The van der Waals surface area contributed by atoms with Crippen LogP contribution in [-0.2, 0) is 4.79 Å². The minimum atomic E-state index is -1.04. The van der Waals surface area contributed by atoms with Gasteiger partial charge in [0.1, 0.15) is 0 Å². The van der Waals surface area contributed by atoms with Gasteiger partial charge in [-0.15, -0.1) is 0 Å². The number of anilines is 1. The smallest absolute Gasteiger partial charge is 0.337 e. The Balaban J connectivity index is 2.85. The second-order valence-electron chi connectivity index (χ2n) is 5.71. The van der Waals surface area contributed by atoms with Crippen molar-refractivity contribution in [2.75, 3.05) is 18.5 Å². The van der Waals surface area contributed by atoms with Crippen molar-refractivity contribution in [1.29, 1.82) is 0 Å². The Morgan fingerprint density at radius 1 is 1.29 bits per heavy atom.